The molecule has 3 nitrogen and oxygen atoms in total. The summed E-state index contributed by atoms with van der Waals surface area (Å²) in [7, 11) is 0. The summed E-state index contributed by atoms with van der Waals surface area (Å²) in [6.45, 7) is 2.23. The van der Waals surface area contributed by atoms with Crippen LogP contribution in [0.2, 0.25) is 0 Å². The first-order valence-corrected chi connectivity index (χ1v) is 8.90. The lowest BCUT2D eigenvalue weighted by molar-refractivity contribution is -0.136. The van der Waals surface area contributed by atoms with Crippen molar-refractivity contribution in [2.75, 3.05) is 6.54 Å². The van der Waals surface area contributed by atoms with Gasteiger partial charge in [0.1, 0.15) is 0 Å². The van der Waals surface area contributed by atoms with Crippen molar-refractivity contribution >= 4 is 40.5 Å². The molecule has 1 aliphatic heterocycles. The third kappa shape index (κ3) is 2.74. The molecule has 0 N–H and O–H groups in total. The van der Waals surface area contributed by atoms with Crippen LogP contribution in [0.5, 0.6) is 0 Å². The van der Waals surface area contributed by atoms with Crippen molar-refractivity contribution in [2.24, 2.45) is 0 Å². The Balaban J connectivity index is 1.92. The summed E-state index contributed by atoms with van der Waals surface area (Å²) >= 11 is 2.94. The second-order valence-electron chi connectivity index (χ2n) is 4.81. The van der Waals surface area contributed by atoms with Gasteiger partial charge in [-0.3, -0.25) is 14.5 Å². The predicted molar refractivity (Wildman–Crippen MR) is 91.4 cm³/mol. The highest BCUT2D eigenvalue weighted by atomic mass is 32.2. The molecule has 2 aromatic rings. The summed E-state index contributed by atoms with van der Waals surface area (Å²) in [5, 5.41) is 1.92. The molecule has 0 bridgehead atoms. The van der Waals surface area contributed by atoms with E-state index in [1.807, 2.05) is 54.8 Å². The number of hydrogen-bond acceptors (Lipinski definition) is 4. The average Bonchev–Trinajstić information content (AvgIpc) is 3.13. The minimum atomic E-state index is -0.175. The predicted octanol–water partition coefficient (Wildman–Crippen LogP) is 3.78. The molecule has 0 atom stereocenters. The van der Waals surface area contributed by atoms with Crippen LogP contribution in [0.3, 0.4) is 0 Å². The van der Waals surface area contributed by atoms with Gasteiger partial charge < -0.3 is 0 Å². The lowest BCUT2D eigenvalue weighted by atomic mass is 10.2. The monoisotopic (exact) mass is 329 g/mol. The minimum Gasteiger partial charge on any atom is -0.274 e. The maximum absolute atomic E-state index is 12.5. The van der Waals surface area contributed by atoms with Gasteiger partial charge in [-0.05, 0) is 23.9 Å². The van der Waals surface area contributed by atoms with E-state index in [9.17, 15) is 9.59 Å². The Morgan fingerprint density at radius 2 is 1.82 bits per heavy atom. The van der Waals surface area contributed by atoms with Gasteiger partial charge in [-0.15, -0.1) is 23.1 Å². The number of rotatable bonds is 5. The van der Waals surface area contributed by atoms with E-state index in [1.54, 1.807) is 0 Å². The largest absolute Gasteiger partial charge is 0.274 e. The molecule has 1 aromatic carbocycles. The van der Waals surface area contributed by atoms with Crippen molar-refractivity contribution in [2.45, 2.75) is 12.7 Å². The third-order valence-electron chi connectivity index (χ3n) is 3.44. The fraction of sp³-hybridized carbons (Fsp3) is 0.176. The van der Waals surface area contributed by atoms with Gasteiger partial charge in [-0.2, -0.15) is 0 Å². The molecular weight excluding hydrogens is 314 g/mol. The highest BCUT2D eigenvalue weighted by Crippen LogP contribution is 2.38. The number of amides is 2. The fourth-order valence-corrected chi connectivity index (χ4v) is 4.25. The molecule has 2 heterocycles. The first-order valence-electron chi connectivity index (χ1n) is 7.03. The van der Waals surface area contributed by atoms with Crippen molar-refractivity contribution in [3.63, 3.8) is 0 Å². The van der Waals surface area contributed by atoms with Crippen LogP contribution in [-0.4, -0.2) is 23.3 Å². The third-order valence-corrected chi connectivity index (χ3v) is 5.47. The molecule has 0 aliphatic carbocycles. The first-order chi connectivity index (χ1) is 10.7. The molecule has 0 spiro atoms. The van der Waals surface area contributed by atoms with Crippen LogP contribution in [0.25, 0.3) is 5.57 Å². The Labute approximate surface area is 137 Å². The molecule has 112 valence electrons. The molecule has 2 amide bonds. The Morgan fingerprint density at radius 1 is 1.05 bits per heavy atom. The first kappa shape index (κ1) is 15.1. The number of nitrogens with zero attached hydrogens (tertiary/aromatic N) is 1. The Kier molecular flexibility index (Phi) is 4.45. The average molecular weight is 329 g/mol. The highest BCUT2D eigenvalue weighted by molar-refractivity contribution is 8.03. The van der Waals surface area contributed by atoms with Gasteiger partial charge in [-0.1, -0.05) is 36.4 Å². The zero-order valence-electron chi connectivity index (χ0n) is 12.1. The SMILES string of the molecule is CCN1C(=O)C(SCc2ccccc2)=C(c2cccs2)C1=O. The lowest BCUT2D eigenvalue weighted by Gasteiger charge is -2.11. The van der Waals surface area contributed by atoms with Crippen molar-refractivity contribution in [1.82, 2.24) is 4.90 Å². The van der Waals surface area contributed by atoms with Crippen LogP contribution in [0.4, 0.5) is 0 Å². The number of carbonyl (C=O) groups is 2. The number of benzene rings is 1. The standard InChI is InChI=1S/C17H15NO2S2/c1-2-18-16(19)14(13-9-6-10-21-13)15(17(18)20)22-11-12-7-4-3-5-8-12/h3-10H,2,11H2,1H3. The van der Waals surface area contributed by atoms with Crippen LogP contribution >= 0.6 is 23.1 Å². The Hall–Kier alpha value is -1.85. The van der Waals surface area contributed by atoms with Gasteiger partial charge in [-0.25, -0.2) is 0 Å². The van der Waals surface area contributed by atoms with Gasteiger partial charge in [0.25, 0.3) is 11.8 Å². The number of thioether (sulfide) groups is 1. The lowest BCUT2D eigenvalue weighted by Crippen LogP contribution is -2.30. The van der Waals surface area contributed by atoms with Gasteiger partial charge in [0.15, 0.2) is 0 Å². The van der Waals surface area contributed by atoms with Crippen LogP contribution in [-0.2, 0) is 15.3 Å². The highest BCUT2D eigenvalue weighted by Gasteiger charge is 2.38. The van der Waals surface area contributed by atoms with E-state index in [0.717, 1.165) is 10.4 Å². The fourth-order valence-electron chi connectivity index (χ4n) is 2.34. The van der Waals surface area contributed by atoms with Crippen LogP contribution in [0.1, 0.15) is 17.4 Å². The number of carbonyl (C=O) groups excluding carboxylic acids is 2. The normalized spacial score (nSPS) is 15.0. The molecule has 0 unspecified atom stereocenters. The van der Waals surface area contributed by atoms with Gasteiger partial charge in [0, 0.05) is 17.2 Å². The number of likely N-dealkylation sites (N-methyl/N-ethyl adjacent to an activating group) is 1. The number of thiophene rings is 1. The molecule has 1 aromatic heterocycles. The van der Waals surface area contributed by atoms with Gasteiger partial charge in [0.05, 0.1) is 10.5 Å². The summed E-state index contributed by atoms with van der Waals surface area (Å²) < 4.78 is 0. The van der Waals surface area contributed by atoms with E-state index in [0.29, 0.717) is 22.8 Å². The summed E-state index contributed by atoms with van der Waals surface area (Å²) in [5.74, 6) is 0.337. The van der Waals surface area contributed by atoms with Crippen LogP contribution < -0.4 is 0 Å². The summed E-state index contributed by atoms with van der Waals surface area (Å²) in [6, 6.07) is 13.8. The zero-order chi connectivity index (χ0) is 15.5. The smallest absolute Gasteiger partial charge is 0.268 e. The molecule has 0 saturated heterocycles. The Morgan fingerprint density at radius 3 is 2.45 bits per heavy atom. The van der Waals surface area contributed by atoms with Crippen molar-refractivity contribution < 1.29 is 9.59 Å². The van der Waals surface area contributed by atoms with Crippen LogP contribution in [0.15, 0.2) is 52.7 Å². The van der Waals surface area contributed by atoms with E-state index in [4.69, 9.17) is 0 Å². The minimum absolute atomic E-state index is 0.170. The molecule has 0 saturated carbocycles. The second-order valence-corrected chi connectivity index (χ2v) is 6.74. The summed E-state index contributed by atoms with van der Waals surface area (Å²) in [6.07, 6.45) is 0. The van der Waals surface area contributed by atoms with Crippen molar-refractivity contribution in [3.8, 4) is 0 Å². The van der Waals surface area contributed by atoms with Crippen molar-refractivity contribution in [3.05, 3.63) is 63.2 Å². The molecule has 0 radical (unpaired) electrons. The van der Waals surface area contributed by atoms with E-state index >= 15 is 0 Å². The van der Waals surface area contributed by atoms with E-state index in [2.05, 4.69) is 0 Å². The van der Waals surface area contributed by atoms with Crippen LogP contribution in [0, 0.1) is 0 Å². The van der Waals surface area contributed by atoms with E-state index in [-0.39, 0.29) is 11.8 Å². The molecule has 22 heavy (non-hydrogen) atoms. The number of imide groups is 1. The topological polar surface area (TPSA) is 37.4 Å². The molecule has 0 fully saturated rings. The quantitative estimate of drug-likeness (QED) is 0.784. The number of hydrogen-bond donors (Lipinski definition) is 0. The molecular formula is C17H15NO2S2. The maximum atomic E-state index is 12.5. The van der Waals surface area contributed by atoms with Crippen molar-refractivity contribution in [1.29, 1.82) is 0 Å². The Bertz CT molecular complexity index is 720. The molecule has 1 aliphatic rings. The molecule has 3 rings (SSSR count). The maximum Gasteiger partial charge on any atom is 0.268 e. The van der Waals surface area contributed by atoms with E-state index < -0.39 is 0 Å². The van der Waals surface area contributed by atoms with E-state index in [1.165, 1.54) is 28.0 Å². The summed E-state index contributed by atoms with van der Waals surface area (Å²) in [5.41, 5.74) is 1.70. The van der Waals surface area contributed by atoms with Gasteiger partial charge >= 0.3 is 0 Å². The summed E-state index contributed by atoms with van der Waals surface area (Å²) in [4.78, 5) is 27.8. The second kappa shape index (κ2) is 6.50. The van der Waals surface area contributed by atoms with Gasteiger partial charge in [0.2, 0.25) is 0 Å². The zero-order valence-corrected chi connectivity index (χ0v) is 13.7. The molecule has 5 heteroatoms.